The molecule has 1 amide bonds. The summed E-state index contributed by atoms with van der Waals surface area (Å²) in [5.41, 5.74) is 2.52. The molecule has 3 aromatic rings. The van der Waals surface area contributed by atoms with Crippen LogP contribution in [0.15, 0.2) is 55.2 Å². The van der Waals surface area contributed by atoms with Gasteiger partial charge in [-0.05, 0) is 30.3 Å². The first-order valence-electron chi connectivity index (χ1n) is 8.19. The van der Waals surface area contributed by atoms with Crippen LogP contribution in [0.2, 0.25) is 0 Å². The van der Waals surface area contributed by atoms with Crippen LogP contribution in [0.5, 0.6) is 0 Å². The minimum absolute atomic E-state index is 0.00327. The summed E-state index contributed by atoms with van der Waals surface area (Å²) in [5, 5.41) is 4.12. The van der Waals surface area contributed by atoms with Crippen molar-refractivity contribution < 1.29 is 9.53 Å². The number of morpholine rings is 1. The van der Waals surface area contributed by atoms with Gasteiger partial charge in [0.1, 0.15) is 12.7 Å². The van der Waals surface area contributed by atoms with Crippen LogP contribution < -0.4 is 0 Å². The molecule has 1 aromatic carbocycles. The number of hydrogen-bond acceptors (Lipinski definition) is 4. The second-order valence-electron chi connectivity index (χ2n) is 6.02. The van der Waals surface area contributed by atoms with Gasteiger partial charge in [0.25, 0.3) is 5.91 Å². The number of benzene rings is 1. The Kier molecular flexibility index (Phi) is 4.07. The second-order valence-corrected chi connectivity index (χ2v) is 6.02. The van der Waals surface area contributed by atoms with Crippen LogP contribution in [-0.4, -0.2) is 49.9 Å². The Bertz CT molecular complexity index is 871. The molecule has 2 aromatic heterocycles. The Hall–Kier alpha value is -2.93. The molecular formula is C18H19N5O2. The molecule has 7 heteroatoms. The van der Waals surface area contributed by atoms with Gasteiger partial charge in [-0.25, -0.2) is 9.67 Å². The molecule has 1 atom stereocenters. The van der Waals surface area contributed by atoms with Crippen molar-refractivity contribution in [1.29, 1.82) is 0 Å². The Morgan fingerprint density at radius 3 is 2.96 bits per heavy atom. The van der Waals surface area contributed by atoms with Crippen molar-refractivity contribution in [2.75, 3.05) is 19.8 Å². The number of ether oxygens (including phenoxy) is 1. The first kappa shape index (κ1) is 15.6. The van der Waals surface area contributed by atoms with Crippen LogP contribution in [0.4, 0.5) is 0 Å². The number of nitrogens with zero attached hydrogens (tertiary/aromatic N) is 5. The van der Waals surface area contributed by atoms with Gasteiger partial charge >= 0.3 is 0 Å². The lowest BCUT2D eigenvalue weighted by Crippen LogP contribution is -2.44. The van der Waals surface area contributed by atoms with E-state index >= 15 is 0 Å². The monoisotopic (exact) mass is 337 g/mol. The maximum Gasteiger partial charge on any atom is 0.254 e. The van der Waals surface area contributed by atoms with Gasteiger partial charge in [0.05, 0.1) is 24.9 Å². The van der Waals surface area contributed by atoms with E-state index in [4.69, 9.17) is 4.74 Å². The minimum Gasteiger partial charge on any atom is -0.377 e. The fraction of sp³-hybridized carbons (Fsp3) is 0.278. The van der Waals surface area contributed by atoms with Gasteiger partial charge in [0.2, 0.25) is 0 Å². The van der Waals surface area contributed by atoms with E-state index in [9.17, 15) is 4.79 Å². The Balaban J connectivity index is 1.65. The molecule has 7 nitrogen and oxygen atoms in total. The maximum absolute atomic E-state index is 13.2. The Morgan fingerprint density at radius 1 is 1.28 bits per heavy atom. The first-order valence-corrected chi connectivity index (χ1v) is 8.19. The fourth-order valence-corrected chi connectivity index (χ4v) is 3.20. The molecule has 1 fully saturated rings. The molecule has 1 unspecified atom stereocenters. The number of aryl methyl sites for hydroxylation is 1. The zero-order valence-electron chi connectivity index (χ0n) is 13.9. The molecule has 0 N–H and O–H groups in total. The summed E-state index contributed by atoms with van der Waals surface area (Å²) in [5.74, 6) is -0.00327. The van der Waals surface area contributed by atoms with Crippen LogP contribution >= 0.6 is 0 Å². The van der Waals surface area contributed by atoms with Gasteiger partial charge in [-0.1, -0.05) is 6.07 Å². The standard InChI is InChI=1S/C18H19N5O2/c1-21-7-3-6-16(21)17-11-25-9-8-22(17)18(24)14-4-2-5-15(10-14)23-13-19-12-20-23/h2-7,10,12-13,17H,8-9,11H2,1H3. The minimum atomic E-state index is -0.0868. The topological polar surface area (TPSA) is 65.2 Å². The zero-order valence-corrected chi connectivity index (χ0v) is 13.9. The van der Waals surface area contributed by atoms with Crippen molar-refractivity contribution in [3.63, 3.8) is 0 Å². The van der Waals surface area contributed by atoms with Gasteiger partial charge in [-0.3, -0.25) is 4.79 Å². The number of hydrogen-bond donors (Lipinski definition) is 0. The second kappa shape index (κ2) is 6.52. The van der Waals surface area contributed by atoms with E-state index in [-0.39, 0.29) is 11.9 Å². The van der Waals surface area contributed by atoms with Crippen LogP contribution in [0, 0.1) is 0 Å². The van der Waals surface area contributed by atoms with Gasteiger partial charge in [-0.2, -0.15) is 5.10 Å². The van der Waals surface area contributed by atoms with E-state index in [1.807, 2.05) is 59.1 Å². The van der Waals surface area contributed by atoms with E-state index in [0.29, 0.717) is 25.3 Å². The molecule has 3 heterocycles. The quantitative estimate of drug-likeness (QED) is 0.731. The van der Waals surface area contributed by atoms with E-state index in [1.54, 1.807) is 11.0 Å². The van der Waals surface area contributed by atoms with E-state index < -0.39 is 0 Å². The zero-order chi connectivity index (χ0) is 17.2. The third-order valence-corrected chi connectivity index (χ3v) is 4.49. The lowest BCUT2D eigenvalue weighted by molar-refractivity contribution is -0.00463. The molecule has 0 aliphatic carbocycles. The van der Waals surface area contributed by atoms with E-state index in [0.717, 1.165) is 11.4 Å². The van der Waals surface area contributed by atoms with Crippen molar-refractivity contribution in [1.82, 2.24) is 24.2 Å². The predicted octanol–water partition coefficient (Wildman–Crippen LogP) is 1.82. The van der Waals surface area contributed by atoms with Crippen molar-refractivity contribution in [2.45, 2.75) is 6.04 Å². The van der Waals surface area contributed by atoms with Crippen molar-refractivity contribution >= 4 is 5.91 Å². The summed E-state index contributed by atoms with van der Waals surface area (Å²) < 4.78 is 9.31. The molecule has 0 saturated carbocycles. The highest BCUT2D eigenvalue weighted by molar-refractivity contribution is 5.95. The molecule has 25 heavy (non-hydrogen) atoms. The summed E-state index contributed by atoms with van der Waals surface area (Å²) in [6.45, 7) is 1.63. The fourth-order valence-electron chi connectivity index (χ4n) is 3.20. The lowest BCUT2D eigenvalue weighted by atomic mass is 10.1. The Labute approximate surface area is 145 Å². The molecule has 1 aliphatic heterocycles. The average Bonchev–Trinajstić information content (AvgIpc) is 3.33. The highest BCUT2D eigenvalue weighted by Crippen LogP contribution is 2.26. The molecule has 0 bridgehead atoms. The normalized spacial score (nSPS) is 17.6. The van der Waals surface area contributed by atoms with Crippen LogP contribution in [-0.2, 0) is 11.8 Å². The van der Waals surface area contributed by atoms with Crippen LogP contribution in [0.3, 0.4) is 0 Å². The molecule has 4 rings (SSSR count). The largest absolute Gasteiger partial charge is 0.377 e. The van der Waals surface area contributed by atoms with Crippen LogP contribution in [0.25, 0.3) is 5.69 Å². The van der Waals surface area contributed by atoms with Gasteiger partial charge < -0.3 is 14.2 Å². The SMILES string of the molecule is Cn1cccc1C1COCCN1C(=O)c1cccc(-n2cncn2)c1. The third-order valence-electron chi connectivity index (χ3n) is 4.49. The average molecular weight is 337 g/mol. The molecule has 0 spiro atoms. The molecule has 1 saturated heterocycles. The number of carbonyl (C=O) groups excluding carboxylic acids is 1. The smallest absolute Gasteiger partial charge is 0.254 e. The highest BCUT2D eigenvalue weighted by Gasteiger charge is 2.30. The maximum atomic E-state index is 13.2. The van der Waals surface area contributed by atoms with Gasteiger partial charge in [0, 0.05) is 31.0 Å². The molecule has 0 radical (unpaired) electrons. The first-order chi connectivity index (χ1) is 12.2. The van der Waals surface area contributed by atoms with Crippen molar-refractivity contribution in [3.05, 3.63) is 66.5 Å². The summed E-state index contributed by atoms with van der Waals surface area (Å²) >= 11 is 0. The Morgan fingerprint density at radius 2 is 2.20 bits per heavy atom. The summed E-state index contributed by atoms with van der Waals surface area (Å²) in [6, 6.07) is 11.4. The predicted molar refractivity (Wildman–Crippen MR) is 91.4 cm³/mol. The summed E-state index contributed by atoms with van der Waals surface area (Å²) in [6.07, 6.45) is 5.07. The van der Waals surface area contributed by atoms with Crippen LogP contribution in [0.1, 0.15) is 22.1 Å². The number of aromatic nitrogens is 4. The van der Waals surface area contributed by atoms with Crippen molar-refractivity contribution in [2.24, 2.45) is 7.05 Å². The summed E-state index contributed by atoms with van der Waals surface area (Å²) in [7, 11) is 1.98. The van der Waals surface area contributed by atoms with Gasteiger partial charge in [-0.15, -0.1) is 0 Å². The number of amides is 1. The molecular weight excluding hydrogens is 318 g/mol. The summed E-state index contributed by atoms with van der Waals surface area (Å²) in [4.78, 5) is 19.0. The number of rotatable bonds is 3. The van der Waals surface area contributed by atoms with Gasteiger partial charge in [0.15, 0.2) is 0 Å². The molecule has 1 aliphatic rings. The van der Waals surface area contributed by atoms with E-state index in [2.05, 4.69) is 10.1 Å². The number of carbonyl (C=O) groups is 1. The third kappa shape index (κ3) is 2.94. The van der Waals surface area contributed by atoms with Crippen molar-refractivity contribution in [3.8, 4) is 5.69 Å². The highest BCUT2D eigenvalue weighted by atomic mass is 16.5. The lowest BCUT2D eigenvalue weighted by Gasteiger charge is -2.36. The molecule has 128 valence electrons. The van der Waals surface area contributed by atoms with E-state index in [1.165, 1.54) is 6.33 Å².